The van der Waals surface area contributed by atoms with Crippen molar-refractivity contribution in [3.8, 4) is 0 Å². The van der Waals surface area contributed by atoms with Crippen LogP contribution in [-0.2, 0) is 22.6 Å². The Labute approximate surface area is 190 Å². The molecule has 0 aromatic heterocycles. The van der Waals surface area contributed by atoms with Gasteiger partial charge in [-0.15, -0.1) is 0 Å². The first kappa shape index (κ1) is 22.2. The number of carbonyl (C=O) groups excluding carboxylic acids is 3. The van der Waals surface area contributed by atoms with Gasteiger partial charge in [-0.05, 0) is 53.9 Å². The zero-order valence-corrected chi connectivity index (χ0v) is 17.8. The molecule has 1 atom stereocenters. The molecule has 3 amide bonds. The molecule has 0 spiro atoms. The van der Waals surface area contributed by atoms with Crippen LogP contribution in [0.5, 0.6) is 0 Å². The van der Waals surface area contributed by atoms with E-state index in [1.165, 1.54) is 24.3 Å². The summed E-state index contributed by atoms with van der Waals surface area (Å²) in [5.74, 6) is -1.71. The number of benzene rings is 3. The van der Waals surface area contributed by atoms with Crippen LogP contribution >= 0.6 is 0 Å². The zero-order chi connectivity index (χ0) is 23.4. The monoisotopic (exact) mass is 446 g/mol. The van der Waals surface area contributed by atoms with Crippen molar-refractivity contribution in [2.24, 2.45) is 5.73 Å². The second kappa shape index (κ2) is 9.62. The maximum atomic E-state index is 13.1. The highest BCUT2D eigenvalue weighted by atomic mass is 19.1. The summed E-state index contributed by atoms with van der Waals surface area (Å²) in [6, 6.07) is 19.1. The third kappa shape index (κ3) is 5.24. The normalized spacial score (nSPS) is 15.4. The lowest BCUT2D eigenvalue weighted by Gasteiger charge is -2.34. The molecule has 168 valence electrons. The summed E-state index contributed by atoms with van der Waals surface area (Å²) in [6.07, 6.45) is 0.440. The first-order valence-electron chi connectivity index (χ1n) is 10.5. The topological polar surface area (TPSA) is 105 Å². The van der Waals surface area contributed by atoms with Crippen LogP contribution < -0.4 is 16.4 Å². The fourth-order valence-corrected chi connectivity index (χ4v) is 3.92. The zero-order valence-electron chi connectivity index (χ0n) is 17.8. The number of fused-ring (bicyclic) bond motifs is 1. The van der Waals surface area contributed by atoms with Crippen molar-refractivity contribution < 1.29 is 18.8 Å². The standard InChI is InChI=1S/C25H23FN4O3/c26-18-9-11-19(12-10-18)28-25(33)20-7-3-4-8-21(20)29-23(31)15-30-14-17-6-2-1-5-16(17)13-22(30)24(27)32/h1-12,22H,13-15H2,(H2,27,32)(H,28,33)(H,29,31)/t22-/m0/s1. The molecule has 0 fully saturated rings. The molecule has 1 aliphatic rings. The molecule has 0 radical (unpaired) electrons. The van der Waals surface area contributed by atoms with Gasteiger partial charge in [0.1, 0.15) is 5.82 Å². The number of anilines is 2. The van der Waals surface area contributed by atoms with E-state index in [4.69, 9.17) is 5.73 Å². The number of rotatable bonds is 6. The molecular weight excluding hydrogens is 423 g/mol. The Hall–Kier alpha value is -4.04. The molecule has 1 heterocycles. The second-order valence-electron chi connectivity index (χ2n) is 7.85. The molecule has 0 saturated carbocycles. The number of nitrogens with two attached hydrogens (primary N) is 1. The number of carbonyl (C=O) groups is 3. The highest BCUT2D eigenvalue weighted by Gasteiger charge is 2.31. The minimum Gasteiger partial charge on any atom is -0.368 e. The second-order valence-corrected chi connectivity index (χ2v) is 7.85. The van der Waals surface area contributed by atoms with Crippen LogP contribution in [0.2, 0.25) is 0 Å². The average molecular weight is 446 g/mol. The molecule has 1 aliphatic heterocycles. The number of hydrogen-bond donors (Lipinski definition) is 3. The first-order chi connectivity index (χ1) is 15.9. The number of amides is 3. The van der Waals surface area contributed by atoms with Crippen molar-refractivity contribution in [3.63, 3.8) is 0 Å². The van der Waals surface area contributed by atoms with Crippen molar-refractivity contribution in [3.05, 3.63) is 95.3 Å². The number of para-hydroxylation sites is 1. The van der Waals surface area contributed by atoms with Crippen LogP contribution in [0.15, 0.2) is 72.8 Å². The van der Waals surface area contributed by atoms with Crippen LogP contribution in [0.25, 0.3) is 0 Å². The van der Waals surface area contributed by atoms with Crippen LogP contribution in [0, 0.1) is 5.82 Å². The molecule has 0 unspecified atom stereocenters. The quantitative estimate of drug-likeness (QED) is 0.542. The Morgan fingerprint density at radius 3 is 2.30 bits per heavy atom. The molecule has 0 saturated heterocycles. The Bertz CT molecular complexity index is 1200. The molecule has 0 aliphatic carbocycles. The van der Waals surface area contributed by atoms with Crippen molar-refractivity contribution >= 4 is 29.1 Å². The Morgan fingerprint density at radius 1 is 0.909 bits per heavy atom. The van der Waals surface area contributed by atoms with Gasteiger partial charge in [0.15, 0.2) is 0 Å². The lowest BCUT2D eigenvalue weighted by atomic mass is 9.93. The smallest absolute Gasteiger partial charge is 0.257 e. The summed E-state index contributed by atoms with van der Waals surface area (Å²) < 4.78 is 13.1. The van der Waals surface area contributed by atoms with E-state index in [2.05, 4.69) is 10.6 Å². The van der Waals surface area contributed by atoms with Crippen LogP contribution in [0.3, 0.4) is 0 Å². The third-order valence-corrected chi connectivity index (χ3v) is 5.57. The van der Waals surface area contributed by atoms with E-state index in [1.54, 1.807) is 29.2 Å². The van der Waals surface area contributed by atoms with Gasteiger partial charge >= 0.3 is 0 Å². The summed E-state index contributed by atoms with van der Waals surface area (Å²) in [7, 11) is 0. The summed E-state index contributed by atoms with van der Waals surface area (Å²) in [5.41, 5.74) is 8.70. The van der Waals surface area contributed by atoms with Gasteiger partial charge in [-0.2, -0.15) is 0 Å². The molecule has 0 bridgehead atoms. The number of nitrogens with one attached hydrogen (secondary N) is 2. The first-order valence-corrected chi connectivity index (χ1v) is 10.5. The molecule has 4 N–H and O–H groups in total. The highest BCUT2D eigenvalue weighted by Crippen LogP contribution is 2.24. The molecule has 7 nitrogen and oxygen atoms in total. The maximum Gasteiger partial charge on any atom is 0.257 e. The van der Waals surface area contributed by atoms with E-state index in [0.29, 0.717) is 24.3 Å². The minimum absolute atomic E-state index is 0.0597. The predicted octanol–water partition coefficient (Wildman–Crippen LogP) is 2.93. The van der Waals surface area contributed by atoms with Gasteiger partial charge in [-0.3, -0.25) is 19.3 Å². The lowest BCUT2D eigenvalue weighted by Crippen LogP contribution is -2.51. The van der Waals surface area contributed by atoms with Gasteiger partial charge in [-0.1, -0.05) is 36.4 Å². The molecule has 8 heteroatoms. The fraction of sp³-hybridized carbons (Fsp3) is 0.160. The maximum absolute atomic E-state index is 13.1. The summed E-state index contributed by atoms with van der Waals surface area (Å²) >= 11 is 0. The van der Waals surface area contributed by atoms with Crippen molar-refractivity contribution in [1.82, 2.24) is 4.90 Å². The molecular formula is C25H23FN4O3. The predicted molar refractivity (Wildman–Crippen MR) is 123 cm³/mol. The number of primary amides is 1. The number of hydrogen-bond acceptors (Lipinski definition) is 4. The van der Waals surface area contributed by atoms with Crippen LogP contribution in [0.1, 0.15) is 21.5 Å². The average Bonchev–Trinajstić information content (AvgIpc) is 2.80. The van der Waals surface area contributed by atoms with Gasteiger partial charge in [0.25, 0.3) is 5.91 Å². The summed E-state index contributed by atoms with van der Waals surface area (Å²) in [4.78, 5) is 39.4. The lowest BCUT2D eigenvalue weighted by molar-refractivity contribution is -0.125. The van der Waals surface area contributed by atoms with Crippen molar-refractivity contribution in [1.29, 1.82) is 0 Å². The summed E-state index contributed by atoms with van der Waals surface area (Å²) in [6.45, 7) is 0.361. The molecule has 4 rings (SSSR count). The van der Waals surface area contributed by atoms with Crippen molar-refractivity contribution in [2.45, 2.75) is 19.0 Å². The Balaban J connectivity index is 1.47. The van der Waals surface area contributed by atoms with Gasteiger partial charge in [-0.25, -0.2) is 4.39 Å². The van der Waals surface area contributed by atoms with E-state index in [-0.39, 0.29) is 18.0 Å². The van der Waals surface area contributed by atoms with Gasteiger partial charge in [0.05, 0.1) is 23.8 Å². The van der Waals surface area contributed by atoms with E-state index in [0.717, 1.165) is 11.1 Å². The van der Waals surface area contributed by atoms with Gasteiger partial charge in [0.2, 0.25) is 11.8 Å². The van der Waals surface area contributed by atoms with E-state index in [9.17, 15) is 18.8 Å². The van der Waals surface area contributed by atoms with Crippen molar-refractivity contribution in [2.75, 3.05) is 17.2 Å². The molecule has 3 aromatic carbocycles. The van der Waals surface area contributed by atoms with Gasteiger partial charge < -0.3 is 16.4 Å². The number of nitrogens with zero attached hydrogens (tertiary/aromatic N) is 1. The third-order valence-electron chi connectivity index (χ3n) is 5.57. The van der Waals surface area contributed by atoms with E-state index >= 15 is 0 Å². The van der Waals surface area contributed by atoms with E-state index in [1.807, 2.05) is 24.3 Å². The molecule has 33 heavy (non-hydrogen) atoms. The Morgan fingerprint density at radius 2 is 1.58 bits per heavy atom. The minimum atomic E-state index is -0.595. The van der Waals surface area contributed by atoms with Crippen LogP contribution in [0.4, 0.5) is 15.8 Å². The fourth-order valence-electron chi connectivity index (χ4n) is 3.92. The Kier molecular flexibility index (Phi) is 6.46. The highest BCUT2D eigenvalue weighted by molar-refractivity contribution is 6.10. The summed E-state index contributed by atoms with van der Waals surface area (Å²) in [5, 5.41) is 5.45. The number of halogens is 1. The van der Waals surface area contributed by atoms with Crippen LogP contribution in [-0.4, -0.2) is 35.2 Å². The van der Waals surface area contributed by atoms with Gasteiger partial charge in [0, 0.05) is 12.2 Å². The van der Waals surface area contributed by atoms with E-state index < -0.39 is 23.7 Å². The molecule has 3 aromatic rings. The SMILES string of the molecule is NC(=O)[C@@H]1Cc2ccccc2CN1CC(=O)Nc1ccccc1C(=O)Nc1ccc(F)cc1. The largest absolute Gasteiger partial charge is 0.368 e.